The van der Waals surface area contributed by atoms with E-state index < -0.39 is 5.82 Å². The third-order valence-electron chi connectivity index (χ3n) is 4.57. The quantitative estimate of drug-likeness (QED) is 0.509. The van der Waals surface area contributed by atoms with Crippen molar-refractivity contribution in [2.75, 3.05) is 5.73 Å². The Labute approximate surface area is 165 Å². The Morgan fingerprint density at radius 2 is 1.79 bits per heavy atom. The molecule has 0 fully saturated rings. The van der Waals surface area contributed by atoms with E-state index in [2.05, 4.69) is 10.3 Å². The van der Waals surface area contributed by atoms with Crippen LogP contribution in [-0.4, -0.2) is 15.3 Å². The van der Waals surface area contributed by atoms with Crippen molar-refractivity contribution in [3.05, 3.63) is 89.8 Å². The van der Waals surface area contributed by atoms with Crippen LogP contribution in [0.4, 0.5) is 14.5 Å². The molecule has 1 amide bonds. The van der Waals surface area contributed by atoms with Crippen LogP contribution in [0.1, 0.15) is 11.3 Å². The first-order valence-corrected chi connectivity index (χ1v) is 9.03. The van der Waals surface area contributed by atoms with Gasteiger partial charge in [0.15, 0.2) is 0 Å². The fourth-order valence-electron chi connectivity index (χ4n) is 3.21. The molecule has 4 aromatic rings. The predicted octanol–water partition coefficient (Wildman–Crippen LogP) is 3.72. The topological polar surface area (TPSA) is 72.4 Å². The van der Waals surface area contributed by atoms with E-state index in [-0.39, 0.29) is 24.7 Å². The lowest BCUT2D eigenvalue weighted by Crippen LogP contribution is -2.25. The molecule has 146 valence electrons. The first kappa shape index (κ1) is 18.6. The summed E-state index contributed by atoms with van der Waals surface area (Å²) in [6.45, 7) is 0.137. The number of pyridine rings is 1. The van der Waals surface area contributed by atoms with Crippen molar-refractivity contribution in [2.45, 2.75) is 13.0 Å². The van der Waals surface area contributed by atoms with Crippen LogP contribution in [0.3, 0.4) is 0 Å². The number of hydrogen-bond acceptors (Lipinski definition) is 3. The van der Waals surface area contributed by atoms with E-state index in [0.29, 0.717) is 28.3 Å². The number of rotatable bonds is 5. The number of carbonyl (C=O) groups excluding carboxylic acids is 1. The number of fused-ring (bicyclic) bond motifs is 1. The first-order chi connectivity index (χ1) is 14.0. The molecule has 0 atom stereocenters. The molecule has 2 aromatic carbocycles. The molecule has 29 heavy (non-hydrogen) atoms. The zero-order chi connectivity index (χ0) is 20.4. The summed E-state index contributed by atoms with van der Waals surface area (Å²) in [6.07, 6.45) is 1.48. The highest BCUT2D eigenvalue weighted by Gasteiger charge is 2.16. The van der Waals surface area contributed by atoms with E-state index in [9.17, 15) is 13.6 Å². The Bertz CT molecular complexity index is 1190. The molecule has 0 spiro atoms. The van der Waals surface area contributed by atoms with Crippen LogP contribution in [0, 0.1) is 11.6 Å². The Hall–Kier alpha value is -3.74. The molecular weight excluding hydrogens is 374 g/mol. The number of aromatic nitrogens is 2. The average molecular weight is 392 g/mol. The monoisotopic (exact) mass is 392 g/mol. The van der Waals surface area contributed by atoms with Crippen molar-refractivity contribution >= 4 is 17.2 Å². The number of benzene rings is 2. The summed E-state index contributed by atoms with van der Waals surface area (Å²) in [6, 6.07) is 15.9. The second-order valence-electron chi connectivity index (χ2n) is 6.69. The lowest BCUT2D eigenvalue weighted by molar-refractivity contribution is -0.120. The number of nitrogens with one attached hydrogen (secondary N) is 1. The Kier molecular flexibility index (Phi) is 4.95. The lowest BCUT2D eigenvalue weighted by atomic mass is 10.1. The van der Waals surface area contributed by atoms with Gasteiger partial charge in [0, 0.05) is 17.4 Å². The second kappa shape index (κ2) is 7.71. The van der Waals surface area contributed by atoms with Gasteiger partial charge in [-0.1, -0.05) is 12.1 Å². The van der Waals surface area contributed by atoms with E-state index in [1.807, 2.05) is 6.07 Å². The van der Waals surface area contributed by atoms with Gasteiger partial charge in [0.05, 0.1) is 24.4 Å². The maximum atomic E-state index is 13.8. The Morgan fingerprint density at radius 3 is 2.55 bits per heavy atom. The van der Waals surface area contributed by atoms with E-state index in [1.54, 1.807) is 40.8 Å². The van der Waals surface area contributed by atoms with Gasteiger partial charge in [0.25, 0.3) is 0 Å². The number of nitrogens with two attached hydrogens (primary N) is 1. The van der Waals surface area contributed by atoms with Gasteiger partial charge < -0.3 is 11.1 Å². The van der Waals surface area contributed by atoms with Crippen LogP contribution in [0.15, 0.2) is 66.9 Å². The van der Waals surface area contributed by atoms with Crippen molar-refractivity contribution in [3.8, 4) is 11.3 Å². The second-order valence-corrected chi connectivity index (χ2v) is 6.69. The number of nitrogen functional groups attached to an aromatic ring is 1. The predicted molar refractivity (Wildman–Crippen MR) is 107 cm³/mol. The van der Waals surface area contributed by atoms with Crippen molar-refractivity contribution in [3.63, 3.8) is 0 Å². The summed E-state index contributed by atoms with van der Waals surface area (Å²) in [5.41, 5.74) is 9.51. The van der Waals surface area contributed by atoms with Gasteiger partial charge >= 0.3 is 0 Å². The number of hydrogen-bond donors (Lipinski definition) is 2. The highest BCUT2D eigenvalue weighted by molar-refractivity contribution is 5.79. The molecule has 0 saturated carbocycles. The standard InChI is InChI=1S/C22H18F2N4O/c23-16-6-4-15(5-7-16)22-19(28-13-17(24)8-9-20(28)27-22)12-26-21(29)11-14-2-1-3-18(25)10-14/h1-10,13H,11-12,25H2,(H,26,29). The lowest BCUT2D eigenvalue weighted by Gasteiger charge is -2.09. The molecule has 0 bridgehead atoms. The molecule has 2 heterocycles. The van der Waals surface area contributed by atoms with E-state index in [4.69, 9.17) is 5.73 Å². The fraction of sp³-hybridized carbons (Fsp3) is 0.0909. The van der Waals surface area contributed by atoms with Crippen LogP contribution in [-0.2, 0) is 17.8 Å². The van der Waals surface area contributed by atoms with Gasteiger partial charge in [-0.3, -0.25) is 9.20 Å². The van der Waals surface area contributed by atoms with Crippen LogP contribution in [0.5, 0.6) is 0 Å². The largest absolute Gasteiger partial charge is 0.399 e. The molecule has 2 aromatic heterocycles. The molecule has 0 unspecified atom stereocenters. The van der Waals surface area contributed by atoms with E-state index in [0.717, 1.165) is 5.56 Å². The molecule has 0 aliphatic rings. The third kappa shape index (κ3) is 4.08. The minimum Gasteiger partial charge on any atom is -0.399 e. The zero-order valence-corrected chi connectivity index (χ0v) is 15.4. The van der Waals surface area contributed by atoms with Crippen molar-refractivity contribution in [1.29, 1.82) is 0 Å². The van der Waals surface area contributed by atoms with Gasteiger partial charge in [-0.05, 0) is 54.1 Å². The summed E-state index contributed by atoms with van der Waals surface area (Å²) in [5, 5.41) is 2.85. The summed E-state index contributed by atoms with van der Waals surface area (Å²) in [4.78, 5) is 16.9. The number of halogens is 2. The van der Waals surface area contributed by atoms with E-state index >= 15 is 0 Å². The van der Waals surface area contributed by atoms with Crippen LogP contribution < -0.4 is 11.1 Å². The summed E-state index contributed by atoms with van der Waals surface area (Å²) < 4.78 is 28.7. The van der Waals surface area contributed by atoms with Crippen LogP contribution in [0.25, 0.3) is 16.9 Å². The van der Waals surface area contributed by atoms with Crippen molar-refractivity contribution < 1.29 is 13.6 Å². The molecule has 0 aliphatic carbocycles. The molecular formula is C22H18F2N4O. The van der Waals surface area contributed by atoms with E-state index in [1.165, 1.54) is 24.4 Å². The summed E-state index contributed by atoms with van der Waals surface area (Å²) in [7, 11) is 0. The fourth-order valence-corrected chi connectivity index (χ4v) is 3.21. The van der Waals surface area contributed by atoms with Crippen molar-refractivity contribution in [1.82, 2.24) is 14.7 Å². The third-order valence-corrected chi connectivity index (χ3v) is 4.57. The number of amides is 1. The molecule has 4 rings (SSSR count). The Morgan fingerprint density at radius 1 is 1.03 bits per heavy atom. The molecule has 0 radical (unpaired) electrons. The molecule has 0 saturated heterocycles. The summed E-state index contributed by atoms with van der Waals surface area (Å²) >= 11 is 0. The van der Waals surface area contributed by atoms with Crippen LogP contribution >= 0.6 is 0 Å². The molecule has 3 N–H and O–H groups in total. The van der Waals surface area contributed by atoms with Crippen LogP contribution in [0.2, 0.25) is 0 Å². The van der Waals surface area contributed by atoms with Gasteiger partial charge in [-0.25, -0.2) is 13.8 Å². The average Bonchev–Trinajstić information content (AvgIpc) is 3.04. The number of carbonyl (C=O) groups is 1. The highest BCUT2D eigenvalue weighted by atomic mass is 19.1. The normalized spacial score (nSPS) is 11.0. The zero-order valence-electron chi connectivity index (χ0n) is 15.4. The van der Waals surface area contributed by atoms with Gasteiger partial charge in [-0.15, -0.1) is 0 Å². The molecule has 0 aliphatic heterocycles. The molecule has 5 nitrogen and oxygen atoms in total. The highest BCUT2D eigenvalue weighted by Crippen LogP contribution is 2.25. The number of imidazole rings is 1. The minimum atomic E-state index is -0.423. The van der Waals surface area contributed by atoms with Gasteiger partial charge in [-0.2, -0.15) is 0 Å². The minimum absolute atomic E-state index is 0.137. The van der Waals surface area contributed by atoms with Crippen molar-refractivity contribution in [2.24, 2.45) is 0 Å². The maximum Gasteiger partial charge on any atom is 0.224 e. The van der Waals surface area contributed by atoms with Gasteiger partial charge in [0.2, 0.25) is 5.91 Å². The maximum absolute atomic E-state index is 13.8. The smallest absolute Gasteiger partial charge is 0.224 e. The Balaban J connectivity index is 1.63. The van der Waals surface area contributed by atoms with Gasteiger partial charge in [0.1, 0.15) is 17.3 Å². The number of anilines is 1. The number of nitrogens with zero attached hydrogens (tertiary/aromatic N) is 2. The summed E-state index contributed by atoms with van der Waals surface area (Å²) in [5.74, 6) is -0.986. The molecule has 7 heteroatoms. The first-order valence-electron chi connectivity index (χ1n) is 9.03. The SMILES string of the molecule is Nc1cccc(CC(=O)NCc2c(-c3ccc(F)cc3)nc3ccc(F)cn23)c1.